The van der Waals surface area contributed by atoms with Gasteiger partial charge in [-0.25, -0.2) is 0 Å². The highest BCUT2D eigenvalue weighted by molar-refractivity contribution is 14.1. The summed E-state index contributed by atoms with van der Waals surface area (Å²) in [5, 5.41) is 1.33. The summed E-state index contributed by atoms with van der Waals surface area (Å²) in [6.07, 6.45) is 2.10. The second kappa shape index (κ2) is 2.76. The first kappa shape index (κ1) is 8.10. The smallest absolute Gasteiger partial charge is 0.0615 e. The van der Waals surface area contributed by atoms with Gasteiger partial charge in [0.25, 0.3) is 0 Å². The van der Waals surface area contributed by atoms with Crippen molar-refractivity contribution in [2.45, 2.75) is 6.92 Å². The summed E-state index contributed by atoms with van der Waals surface area (Å²) in [5.41, 5.74) is 2.69. The Bertz CT molecular complexity index is 429. The molecule has 0 fully saturated rings. The molecule has 1 nitrogen and oxygen atoms in total. The Balaban J connectivity index is 2.96. The Morgan fingerprint density at radius 3 is 2.75 bits per heavy atom. The molecule has 2 rings (SSSR count). The number of rotatable bonds is 0. The van der Waals surface area contributed by atoms with Crippen LogP contribution in [0.2, 0.25) is 0 Å². The minimum atomic E-state index is 1.33. The van der Waals surface area contributed by atoms with Crippen molar-refractivity contribution in [1.29, 1.82) is 0 Å². The lowest BCUT2D eigenvalue weighted by molar-refractivity contribution is 0.965. The summed E-state index contributed by atoms with van der Waals surface area (Å²) in [6.45, 7) is 2.15. The van der Waals surface area contributed by atoms with E-state index in [2.05, 4.69) is 65.5 Å². The number of aromatic nitrogens is 1. The molecule has 0 amide bonds. The van der Waals surface area contributed by atoms with Gasteiger partial charge in [0.2, 0.25) is 0 Å². The average Bonchev–Trinajstić information content (AvgIpc) is 2.41. The highest BCUT2D eigenvalue weighted by atomic mass is 127. The van der Waals surface area contributed by atoms with E-state index < -0.39 is 0 Å². The number of nitrogens with zero attached hydrogens (tertiary/aromatic N) is 1. The molecular weight excluding hydrogens is 261 g/mol. The molecule has 62 valence electrons. The summed E-state index contributed by atoms with van der Waals surface area (Å²) in [4.78, 5) is 0. The van der Waals surface area contributed by atoms with Crippen molar-refractivity contribution in [2.24, 2.45) is 7.05 Å². The van der Waals surface area contributed by atoms with Crippen LogP contribution < -0.4 is 0 Å². The molecule has 1 heterocycles. The largest absolute Gasteiger partial charge is 0.350 e. The van der Waals surface area contributed by atoms with Gasteiger partial charge in [-0.15, -0.1) is 0 Å². The SMILES string of the molecule is Cc1ccc2ccn(C)c2c1I. The van der Waals surface area contributed by atoms with Crippen LogP contribution in [-0.2, 0) is 7.05 Å². The van der Waals surface area contributed by atoms with Gasteiger partial charge in [-0.05, 0) is 41.1 Å². The number of hydrogen-bond donors (Lipinski definition) is 0. The molecule has 0 atom stereocenters. The van der Waals surface area contributed by atoms with E-state index in [1.807, 2.05) is 0 Å². The van der Waals surface area contributed by atoms with Crippen LogP contribution in [0.4, 0.5) is 0 Å². The predicted molar refractivity (Wildman–Crippen MR) is 60.4 cm³/mol. The molecule has 2 aromatic rings. The molecule has 0 unspecified atom stereocenters. The third-order valence-electron chi connectivity index (χ3n) is 2.17. The average molecular weight is 271 g/mol. The molecule has 0 saturated heterocycles. The second-order valence-electron chi connectivity index (χ2n) is 3.06. The van der Waals surface area contributed by atoms with Crippen LogP contribution in [0.1, 0.15) is 5.56 Å². The van der Waals surface area contributed by atoms with E-state index in [1.54, 1.807) is 0 Å². The molecule has 0 spiro atoms. The Hall–Kier alpha value is -0.510. The van der Waals surface area contributed by atoms with Crippen LogP contribution in [0, 0.1) is 10.5 Å². The first-order valence-electron chi connectivity index (χ1n) is 3.90. The third-order valence-corrected chi connectivity index (χ3v) is 3.53. The van der Waals surface area contributed by atoms with Crippen LogP contribution in [0.25, 0.3) is 10.9 Å². The van der Waals surface area contributed by atoms with Gasteiger partial charge in [-0.1, -0.05) is 12.1 Å². The maximum absolute atomic E-state index is 2.40. The molecule has 0 aliphatic rings. The molecule has 0 bridgehead atoms. The molecule has 0 radical (unpaired) electrons. The van der Waals surface area contributed by atoms with E-state index in [9.17, 15) is 0 Å². The number of benzene rings is 1. The zero-order chi connectivity index (χ0) is 8.72. The first-order valence-corrected chi connectivity index (χ1v) is 4.98. The maximum Gasteiger partial charge on any atom is 0.0615 e. The van der Waals surface area contributed by atoms with Crippen molar-refractivity contribution in [3.8, 4) is 0 Å². The lowest BCUT2D eigenvalue weighted by atomic mass is 10.2. The molecule has 1 aromatic carbocycles. The third kappa shape index (κ3) is 1.05. The van der Waals surface area contributed by atoms with Crippen molar-refractivity contribution in [3.63, 3.8) is 0 Å². The topological polar surface area (TPSA) is 4.93 Å². The lowest BCUT2D eigenvalue weighted by Gasteiger charge is -2.02. The number of halogens is 1. The number of hydrogen-bond acceptors (Lipinski definition) is 0. The Labute approximate surface area is 85.5 Å². The van der Waals surface area contributed by atoms with E-state index in [0.717, 1.165) is 0 Å². The molecule has 0 aliphatic carbocycles. The summed E-state index contributed by atoms with van der Waals surface area (Å²) in [6, 6.07) is 6.49. The molecule has 1 aromatic heterocycles. The highest BCUT2D eigenvalue weighted by Crippen LogP contribution is 2.23. The van der Waals surface area contributed by atoms with Gasteiger partial charge in [0.15, 0.2) is 0 Å². The Morgan fingerprint density at radius 1 is 1.25 bits per heavy atom. The molecular formula is C10H10IN. The van der Waals surface area contributed by atoms with E-state index in [4.69, 9.17) is 0 Å². The standard InChI is InChI=1S/C10H10IN/c1-7-3-4-8-5-6-12(2)10(8)9(7)11/h3-6H,1-2H3. The van der Waals surface area contributed by atoms with Crippen molar-refractivity contribution in [3.05, 3.63) is 33.5 Å². The molecule has 12 heavy (non-hydrogen) atoms. The zero-order valence-electron chi connectivity index (χ0n) is 7.13. The first-order chi connectivity index (χ1) is 5.70. The van der Waals surface area contributed by atoms with E-state index in [0.29, 0.717) is 0 Å². The number of aryl methyl sites for hydroxylation is 2. The van der Waals surface area contributed by atoms with Gasteiger partial charge in [-0.3, -0.25) is 0 Å². The summed E-state index contributed by atoms with van der Waals surface area (Å²) >= 11 is 2.40. The molecule has 0 N–H and O–H groups in total. The van der Waals surface area contributed by atoms with Crippen molar-refractivity contribution in [2.75, 3.05) is 0 Å². The maximum atomic E-state index is 2.40. The van der Waals surface area contributed by atoms with E-state index in [-0.39, 0.29) is 0 Å². The van der Waals surface area contributed by atoms with E-state index in [1.165, 1.54) is 20.0 Å². The van der Waals surface area contributed by atoms with Gasteiger partial charge in [0.1, 0.15) is 0 Å². The minimum absolute atomic E-state index is 1.33. The predicted octanol–water partition coefficient (Wildman–Crippen LogP) is 3.09. The Kier molecular flexibility index (Phi) is 1.87. The normalized spacial score (nSPS) is 10.9. The van der Waals surface area contributed by atoms with Crippen LogP contribution in [0.3, 0.4) is 0 Å². The van der Waals surface area contributed by atoms with Crippen LogP contribution in [0.15, 0.2) is 24.4 Å². The molecule has 2 heteroatoms. The monoisotopic (exact) mass is 271 g/mol. The van der Waals surface area contributed by atoms with Gasteiger partial charge in [0.05, 0.1) is 5.52 Å². The highest BCUT2D eigenvalue weighted by Gasteiger charge is 2.03. The van der Waals surface area contributed by atoms with Gasteiger partial charge in [0, 0.05) is 22.2 Å². The zero-order valence-corrected chi connectivity index (χ0v) is 9.29. The second-order valence-corrected chi connectivity index (χ2v) is 4.14. The fourth-order valence-electron chi connectivity index (χ4n) is 1.44. The van der Waals surface area contributed by atoms with Crippen molar-refractivity contribution >= 4 is 33.5 Å². The Morgan fingerprint density at radius 2 is 2.00 bits per heavy atom. The van der Waals surface area contributed by atoms with Gasteiger partial charge >= 0.3 is 0 Å². The van der Waals surface area contributed by atoms with Crippen LogP contribution in [-0.4, -0.2) is 4.57 Å². The van der Waals surface area contributed by atoms with E-state index >= 15 is 0 Å². The minimum Gasteiger partial charge on any atom is -0.350 e. The molecule has 0 aliphatic heterocycles. The van der Waals surface area contributed by atoms with Crippen LogP contribution >= 0.6 is 22.6 Å². The van der Waals surface area contributed by atoms with Crippen molar-refractivity contribution in [1.82, 2.24) is 4.57 Å². The number of fused-ring (bicyclic) bond motifs is 1. The summed E-state index contributed by atoms with van der Waals surface area (Å²) < 4.78 is 3.53. The summed E-state index contributed by atoms with van der Waals surface area (Å²) in [5.74, 6) is 0. The fraction of sp³-hybridized carbons (Fsp3) is 0.200. The van der Waals surface area contributed by atoms with Gasteiger partial charge in [-0.2, -0.15) is 0 Å². The van der Waals surface area contributed by atoms with Crippen LogP contribution in [0.5, 0.6) is 0 Å². The molecule has 0 saturated carbocycles. The fourth-order valence-corrected chi connectivity index (χ4v) is 2.31. The quantitative estimate of drug-likeness (QED) is 0.649. The van der Waals surface area contributed by atoms with Crippen molar-refractivity contribution < 1.29 is 0 Å². The van der Waals surface area contributed by atoms with Gasteiger partial charge < -0.3 is 4.57 Å². The lowest BCUT2D eigenvalue weighted by Crippen LogP contribution is -1.89. The summed E-state index contributed by atoms with van der Waals surface area (Å²) in [7, 11) is 2.09.